The van der Waals surface area contributed by atoms with Crippen LogP contribution < -0.4 is 10.1 Å². The third-order valence-electron chi connectivity index (χ3n) is 3.11. The maximum Gasteiger partial charge on any atom is 0.229 e. The van der Waals surface area contributed by atoms with Crippen LogP contribution in [0.5, 0.6) is 5.75 Å². The second kappa shape index (κ2) is 5.40. The Morgan fingerprint density at radius 3 is 3.00 bits per heavy atom. The van der Waals surface area contributed by atoms with E-state index in [4.69, 9.17) is 9.26 Å². The van der Waals surface area contributed by atoms with Crippen LogP contribution in [0.2, 0.25) is 0 Å². The molecule has 3 rings (SSSR count). The van der Waals surface area contributed by atoms with Gasteiger partial charge in [0.1, 0.15) is 5.75 Å². The molecule has 0 bridgehead atoms. The number of ether oxygens (including phenoxy) is 1. The molecule has 0 amide bonds. The molecular formula is C14H17N3O2. The molecule has 1 saturated carbocycles. The Labute approximate surface area is 112 Å². The predicted octanol–water partition coefficient (Wildman–Crippen LogP) is 2.25. The Morgan fingerprint density at radius 1 is 1.37 bits per heavy atom. The SMILES string of the molecule is CNCc1ccccc1OCc1noc(C2CC2)n1. The third-order valence-corrected chi connectivity index (χ3v) is 3.11. The van der Waals surface area contributed by atoms with Gasteiger partial charge in [0.05, 0.1) is 0 Å². The monoisotopic (exact) mass is 259 g/mol. The molecular weight excluding hydrogens is 242 g/mol. The molecule has 2 aromatic rings. The lowest BCUT2D eigenvalue weighted by atomic mass is 10.2. The second-order valence-corrected chi connectivity index (χ2v) is 4.75. The third kappa shape index (κ3) is 2.93. The van der Waals surface area contributed by atoms with Crippen molar-refractivity contribution >= 4 is 0 Å². The molecule has 1 N–H and O–H groups in total. The van der Waals surface area contributed by atoms with Crippen LogP contribution >= 0.6 is 0 Å². The lowest BCUT2D eigenvalue weighted by molar-refractivity contribution is 0.282. The van der Waals surface area contributed by atoms with Gasteiger partial charge in [-0.15, -0.1) is 0 Å². The van der Waals surface area contributed by atoms with E-state index in [0.29, 0.717) is 18.3 Å². The van der Waals surface area contributed by atoms with Gasteiger partial charge in [-0.2, -0.15) is 4.98 Å². The molecule has 5 nitrogen and oxygen atoms in total. The lowest BCUT2D eigenvalue weighted by Crippen LogP contribution is -2.07. The fourth-order valence-electron chi connectivity index (χ4n) is 1.95. The van der Waals surface area contributed by atoms with Gasteiger partial charge in [0.15, 0.2) is 6.61 Å². The number of hydrogen-bond donors (Lipinski definition) is 1. The highest BCUT2D eigenvalue weighted by Gasteiger charge is 2.29. The van der Waals surface area contributed by atoms with Crippen LogP contribution in [-0.2, 0) is 13.2 Å². The number of rotatable bonds is 6. The van der Waals surface area contributed by atoms with Crippen LogP contribution in [0.4, 0.5) is 0 Å². The van der Waals surface area contributed by atoms with Crippen LogP contribution in [0, 0.1) is 0 Å². The molecule has 0 radical (unpaired) electrons. The molecule has 5 heteroatoms. The van der Waals surface area contributed by atoms with Crippen LogP contribution in [0.1, 0.15) is 36.0 Å². The highest BCUT2D eigenvalue weighted by atomic mass is 16.5. The topological polar surface area (TPSA) is 60.2 Å². The van der Waals surface area contributed by atoms with Crippen LogP contribution in [0.25, 0.3) is 0 Å². The Kier molecular flexibility index (Phi) is 3.46. The second-order valence-electron chi connectivity index (χ2n) is 4.75. The molecule has 1 aliphatic carbocycles. The maximum atomic E-state index is 5.76. The fourth-order valence-corrected chi connectivity index (χ4v) is 1.95. The number of hydrogen-bond acceptors (Lipinski definition) is 5. The fraction of sp³-hybridized carbons (Fsp3) is 0.429. The standard InChI is InChI=1S/C14H17N3O2/c1-15-8-11-4-2-3-5-12(11)18-9-13-16-14(19-17-13)10-6-7-10/h2-5,10,15H,6-9H2,1H3. The Hall–Kier alpha value is -1.88. The largest absolute Gasteiger partial charge is 0.485 e. The smallest absolute Gasteiger partial charge is 0.229 e. The first-order valence-electron chi connectivity index (χ1n) is 6.54. The van der Waals surface area contributed by atoms with Crippen LogP contribution in [0.3, 0.4) is 0 Å². The molecule has 0 spiro atoms. The molecule has 100 valence electrons. The molecule has 1 aliphatic rings. The summed E-state index contributed by atoms with van der Waals surface area (Å²) in [7, 11) is 1.91. The van der Waals surface area contributed by atoms with Crippen molar-refractivity contribution in [2.45, 2.75) is 31.9 Å². The highest BCUT2D eigenvalue weighted by Crippen LogP contribution is 2.38. The van der Waals surface area contributed by atoms with Gasteiger partial charge in [0.2, 0.25) is 11.7 Å². The summed E-state index contributed by atoms with van der Waals surface area (Å²) in [5.74, 6) is 2.70. The number of aromatic nitrogens is 2. The number of nitrogens with zero attached hydrogens (tertiary/aromatic N) is 2. The van der Waals surface area contributed by atoms with E-state index >= 15 is 0 Å². The summed E-state index contributed by atoms with van der Waals surface area (Å²) in [6, 6.07) is 7.95. The lowest BCUT2D eigenvalue weighted by Gasteiger charge is -2.09. The van der Waals surface area contributed by atoms with Crippen molar-refractivity contribution in [1.29, 1.82) is 0 Å². The van der Waals surface area contributed by atoms with Gasteiger partial charge in [-0.05, 0) is 26.0 Å². The van der Waals surface area contributed by atoms with E-state index in [1.807, 2.05) is 31.3 Å². The molecule has 0 atom stereocenters. The normalized spacial score (nSPS) is 14.6. The average molecular weight is 259 g/mol. The van der Waals surface area contributed by atoms with E-state index < -0.39 is 0 Å². The quantitative estimate of drug-likeness (QED) is 0.862. The first-order valence-corrected chi connectivity index (χ1v) is 6.54. The van der Waals surface area contributed by atoms with E-state index in [2.05, 4.69) is 15.5 Å². The minimum absolute atomic E-state index is 0.344. The first-order chi connectivity index (χ1) is 9.36. The van der Waals surface area contributed by atoms with Gasteiger partial charge in [0, 0.05) is 18.0 Å². The zero-order valence-corrected chi connectivity index (χ0v) is 10.9. The van der Waals surface area contributed by atoms with Gasteiger partial charge in [0.25, 0.3) is 0 Å². The maximum absolute atomic E-state index is 5.76. The molecule has 0 aliphatic heterocycles. The van der Waals surface area contributed by atoms with Crippen molar-refractivity contribution in [2.75, 3.05) is 7.05 Å². The summed E-state index contributed by atoms with van der Waals surface area (Å²) in [6.45, 7) is 1.12. The zero-order valence-electron chi connectivity index (χ0n) is 10.9. The molecule has 1 fully saturated rings. The van der Waals surface area contributed by atoms with Crippen molar-refractivity contribution in [3.05, 3.63) is 41.5 Å². The van der Waals surface area contributed by atoms with Crippen molar-refractivity contribution in [1.82, 2.24) is 15.5 Å². The molecule has 1 heterocycles. The summed E-state index contributed by atoms with van der Waals surface area (Å²) >= 11 is 0. The van der Waals surface area contributed by atoms with E-state index in [0.717, 1.165) is 36.6 Å². The van der Waals surface area contributed by atoms with E-state index in [-0.39, 0.29) is 0 Å². The van der Waals surface area contributed by atoms with E-state index in [1.165, 1.54) is 0 Å². The average Bonchev–Trinajstić information content (AvgIpc) is 3.18. The summed E-state index contributed by atoms with van der Waals surface area (Å²) in [4.78, 5) is 4.34. The van der Waals surface area contributed by atoms with Crippen LogP contribution in [0.15, 0.2) is 28.8 Å². The van der Waals surface area contributed by atoms with Gasteiger partial charge in [-0.3, -0.25) is 0 Å². The Balaban J connectivity index is 1.64. The minimum Gasteiger partial charge on any atom is -0.485 e. The van der Waals surface area contributed by atoms with E-state index in [9.17, 15) is 0 Å². The predicted molar refractivity (Wildman–Crippen MR) is 69.8 cm³/mol. The van der Waals surface area contributed by atoms with Gasteiger partial charge >= 0.3 is 0 Å². The summed E-state index contributed by atoms with van der Waals surface area (Å²) in [5.41, 5.74) is 1.12. The number of para-hydroxylation sites is 1. The Bertz CT molecular complexity index is 549. The van der Waals surface area contributed by atoms with Crippen molar-refractivity contribution in [3.8, 4) is 5.75 Å². The van der Waals surface area contributed by atoms with Crippen molar-refractivity contribution in [2.24, 2.45) is 0 Å². The Morgan fingerprint density at radius 2 is 2.21 bits per heavy atom. The molecule has 0 saturated heterocycles. The number of benzene rings is 1. The molecule has 0 unspecified atom stereocenters. The summed E-state index contributed by atoms with van der Waals surface area (Å²) < 4.78 is 11.0. The molecule has 1 aromatic heterocycles. The van der Waals surface area contributed by atoms with E-state index in [1.54, 1.807) is 0 Å². The minimum atomic E-state index is 0.344. The van der Waals surface area contributed by atoms with Gasteiger partial charge in [-0.1, -0.05) is 23.4 Å². The molecule has 19 heavy (non-hydrogen) atoms. The highest BCUT2D eigenvalue weighted by molar-refractivity contribution is 5.33. The van der Waals surface area contributed by atoms with Gasteiger partial charge < -0.3 is 14.6 Å². The van der Waals surface area contributed by atoms with Gasteiger partial charge in [-0.25, -0.2) is 0 Å². The summed E-state index contributed by atoms with van der Waals surface area (Å²) in [6.07, 6.45) is 2.32. The zero-order chi connectivity index (χ0) is 13.1. The van der Waals surface area contributed by atoms with Crippen molar-refractivity contribution in [3.63, 3.8) is 0 Å². The van der Waals surface area contributed by atoms with Crippen LogP contribution in [-0.4, -0.2) is 17.2 Å². The first kappa shape index (κ1) is 12.2. The number of nitrogens with one attached hydrogen (secondary N) is 1. The molecule has 1 aromatic carbocycles. The summed E-state index contributed by atoms with van der Waals surface area (Å²) in [5, 5.41) is 7.06. The van der Waals surface area contributed by atoms with Crippen molar-refractivity contribution < 1.29 is 9.26 Å².